The Morgan fingerprint density at radius 3 is 2.43 bits per heavy atom. The van der Waals surface area contributed by atoms with Gasteiger partial charge in [-0.1, -0.05) is 26.8 Å². The van der Waals surface area contributed by atoms with E-state index in [4.69, 9.17) is 0 Å². The zero-order valence-electron chi connectivity index (χ0n) is 14.9. The van der Waals surface area contributed by atoms with E-state index >= 15 is 0 Å². The fourth-order valence-corrected chi connectivity index (χ4v) is 6.46. The Balaban J connectivity index is 1.98. The summed E-state index contributed by atoms with van der Waals surface area (Å²) in [5.74, 6) is 0.611. The number of ketones is 1. The van der Waals surface area contributed by atoms with Crippen LogP contribution in [-0.2, 0) is 4.79 Å². The molecule has 6 atom stereocenters. The van der Waals surface area contributed by atoms with Gasteiger partial charge in [-0.3, -0.25) is 4.79 Å². The third kappa shape index (κ3) is 2.26. The fraction of sp³-hybridized carbons (Fsp3) is 0.850. The van der Waals surface area contributed by atoms with Crippen molar-refractivity contribution in [2.75, 3.05) is 6.61 Å². The quantitative estimate of drug-likeness (QED) is 0.766. The Morgan fingerprint density at radius 1 is 1.17 bits per heavy atom. The number of rotatable bonds is 2. The van der Waals surface area contributed by atoms with Gasteiger partial charge in [-0.05, 0) is 61.2 Å². The van der Waals surface area contributed by atoms with E-state index < -0.39 is 11.0 Å². The van der Waals surface area contributed by atoms with Crippen molar-refractivity contribution in [3.05, 3.63) is 12.7 Å². The van der Waals surface area contributed by atoms with Crippen LogP contribution in [0.2, 0.25) is 0 Å². The van der Waals surface area contributed by atoms with Crippen LogP contribution in [0.15, 0.2) is 12.7 Å². The van der Waals surface area contributed by atoms with Gasteiger partial charge in [0.2, 0.25) is 0 Å². The Labute approximate surface area is 140 Å². The molecule has 23 heavy (non-hydrogen) atoms. The van der Waals surface area contributed by atoms with Gasteiger partial charge in [0.15, 0.2) is 0 Å². The number of hydrogen-bond acceptors (Lipinski definition) is 3. The highest BCUT2D eigenvalue weighted by Crippen LogP contribution is 2.65. The molecule has 2 N–H and O–H groups in total. The van der Waals surface area contributed by atoms with Crippen LogP contribution in [0.4, 0.5) is 0 Å². The highest BCUT2D eigenvalue weighted by molar-refractivity contribution is 5.86. The lowest BCUT2D eigenvalue weighted by molar-refractivity contribution is -0.208. The summed E-state index contributed by atoms with van der Waals surface area (Å²) in [6, 6.07) is 0. The van der Waals surface area contributed by atoms with Gasteiger partial charge in [0.1, 0.15) is 5.78 Å². The standard InChI is InChI=1S/C20H32O3/c1-5-17(2)9-6-15-18(3)10-8-16(22)19(4,13-21)14(18)7-11-20(15,23)12-17/h5,14-15,21,23H,1,6-13H2,2-4H3/t14-,15-,17-,18+,19-,20-/m1/s1. The van der Waals surface area contributed by atoms with E-state index in [0.29, 0.717) is 6.42 Å². The second-order valence-corrected chi connectivity index (χ2v) is 9.33. The van der Waals surface area contributed by atoms with Gasteiger partial charge in [-0.2, -0.15) is 0 Å². The molecule has 3 nitrogen and oxygen atoms in total. The summed E-state index contributed by atoms with van der Waals surface area (Å²) in [6.45, 7) is 10.3. The summed E-state index contributed by atoms with van der Waals surface area (Å²) in [5.41, 5.74) is -1.32. The first kappa shape index (κ1) is 17.2. The first-order valence-corrected chi connectivity index (χ1v) is 9.14. The van der Waals surface area contributed by atoms with Gasteiger partial charge >= 0.3 is 0 Å². The normalized spacial score (nSPS) is 53.3. The molecule has 0 bridgehead atoms. The van der Waals surface area contributed by atoms with Crippen molar-refractivity contribution in [1.29, 1.82) is 0 Å². The molecule has 0 spiro atoms. The molecule has 0 aromatic rings. The van der Waals surface area contributed by atoms with E-state index in [1.165, 1.54) is 0 Å². The van der Waals surface area contributed by atoms with E-state index in [0.717, 1.165) is 38.5 Å². The summed E-state index contributed by atoms with van der Waals surface area (Å²) >= 11 is 0. The predicted molar refractivity (Wildman–Crippen MR) is 90.9 cm³/mol. The summed E-state index contributed by atoms with van der Waals surface area (Å²) in [6.07, 6.45) is 7.79. The minimum absolute atomic E-state index is 0.0131. The zero-order chi connectivity index (χ0) is 17.1. The number of hydrogen-bond donors (Lipinski definition) is 2. The van der Waals surface area contributed by atoms with Gasteiger partial charge in [0.05, 0.1) is 17.6 Å². The third-order valence-corrected chi connectivity index (χ3v) is 7.94. The molecular weight excluding hydrogens is 288 g/mol. The van der Waals surface area contributed by atoms with Crippen LogP contribution in [0.1, 0.15) is 65.7 Å². The Morgan fingerprint density at radius 2 is 1.83 bits per heavy atom. The molecule has 3 saturated carbocycles. The van der Waals surface area contributed by atoms with Crippen molar-refractivity contribution in [2.45, 2.75) is 71.3 Å². The van der Waals surface area contributed by atoms with Crippen molar-refractivity contribution in [1.82, 2.24) is 0 Å². The lowest BCUT2D eigenvalue weighted by Crippen LogP contribution is -2.64. The van der Waals surface area contributed by atoms with Crippen LogP contribution < -0.4 is 0 Å². The number of fused-ring (bicyclic) bond motifs is 3. The predicted octanol–water partition coefficient (Wildman–Crippen LogP) is 3.49. The van der Waals surface area contributed by atoms with Crippen LogP contribution >= 0.6 is 0 Å². The van der Waals surface area contributed by atoms with Crippen LogP contribution in [-0.4, -0.2) is 28.2 Å². The van der Waals surface area contributed by atoms with E-state index in [9.17, 15) is 15.0 Å². The highest BCUT2D eigenvalue weighted by atomic mass is 16.3. The second-order valence-electron chi connectivity index (χ2n) is 9.33. The van der Waals surface area contributed by atoms with Crippen molar-refractivity contribution in [3.8, 4) is 0 Å². The van der Waals surface area contributed by atoms with Crippen LogP contribution in [0, 0.1) is 28.1 Å². The summed E-state index contributed by atoms with van der Waals surface area (Å²) in [4.78, 5) is 12.5. The third-order valence-electron chi connectivity index (χ3n) is 7.94. The molecule has 0 aromatic heterocycles. The number of aliphatic hydroxyl groups excluding tert-OH is 1. The fourth-order valence-electron chi connectivity index (χ4n) is 6.46. The maximum atomic E-state index is 12.5. The maximum absolute atomic E-state index is 12.5. The van der Waals surface area contributed by atoms with E-state index in [-0.39, 0.29) is 35.1 Å². The average Bonchev–Trinajstić information content (AvgIpc) is 2.50. The van der Waals surface area contributed by atoms with E-state index in [1.54, 1.807) is 0 Å². The monoisotopic (exact) mass is 320 g/mol. The second kappa shape index (κ2) is 5.16. The van der Waals surface area contributed by atoms with Crippen molar-refractivity contribution in [2.24, 2.45) is 28.1 Å². The first-order valence-electron chi connectivity index (χ1n) is 9.14. The number of carbonyl (C=O) groups is 1. The molecular formula is C20H32O3. The molecule has 3 heteroatoms. The Bertz CT molecular complexity index is 529. The van der Waals surface area contributed by atoms with E-state index in [1.807, 2.05) is 13.0 Å². The highest BCUT2D eigenvalue weighted by Gasteiger charge is 2.64. The molecule has 0 aromatic carbocycles. The number of carbonyl (C=O) groups excluding carboxylic acids is 1. The topological polar surface area (TPSA) is 57.5 Å². The molecule has 0 radical (unpaired) electrons. The molecule has 0 saturated heterocycles. The summed E-state index contributed by atoms with van der Waals surface area (Å²) in [7, 11) is 0. The molecule has 3 aliphatic carbocycles. The maximum Gasteiger partial charge on any atom is 0.141 e. The lowest BCUT2D eigenvalue weighted by atomic mass is 9.41. The zero-order valence-corrected chi connectivity index (χ0v) is 14.9. The van der Waals surface area contributed by atoms with Crippen LogP contribution in [0.25, 0.3) is 0 Å². The van der Waals surface area contributed by atoms with Gasteiger partial charge in [0, 0.05) is 6.42 Å². The van der Waals surface area contributed by atoms with Crippen molar-refractivity contribution >= 4 is 5.78 Å². The van der Waals surface area contributed by atoms with Gasteiger partial charge in [-0.25, -0.2) is 0 Å². The smallest absolute Gasteiger partial charge is 0.141 e. The number of Topliss-reactive ketones (excluding diaryl/α,β-unsaturated/α-hetero) is 1. The summed E-state index contributed by atoms with van der Waals surface area (Å²) in [5, 5.41) is 21.4. The minimum Gasteiger partial charge on any atom is -0.395 e. The number of allylic oxidation sites excluding steroid dienone is 1. The van der Waals surface area contributed by atoms with Gasteiger partial charge in [-0.15, -0.1) is 6.58 Å². The van der Waals surface area contributed by atoms with E-state index in [2.05, 4.69) is 20.4 Å². The SMILES string of the molecule is C=C[C@]1(C)CC[C@H]2[C@@](O)(CC[C@@H]3[C@]2(C)CCC(=O)[C@]3(C)CO)C1. The van der Waals surface area contributed by atoms with Crippen LogP contribution in [0.3, 0.4) is 0 Å². The molecule has 0 unspecified atom stereocenters. The largest absolute Gasteiger partial charge is 0.395 e. The molecule has 3 fully saturated rings. The molecule has 3 rings (SSSR count). The van der Waals surface area contributed by atoms with Gasteiger partial charge < -0.3 is 10.2 Å². The first-order chi connectivity index (χ1) is 10.6. The Hall–Kier alpha value is -0.670. The van der Waals surface area contributed by atoms with Gasteiger partial charge in [0.25, 0.3) is 0 Å². The molecule has 0 amide bonds. The van der Waals surface area contributed by atoms with Crippen molar-refractivity contribution < 1.29 is 15.0 Å². The molecule has 0 aliphatic heterocycles. The van der Waals surface area contributed by atoms with Crippen LogP contribution in [0.5, 0.6) is 0 Å². The lowest BCUT2D eigenvalue weighted by Gasteiger charge is -2.64. The molecule has 0 heterocycles. The number of aliphatic hydroxyl groups is 2. The average molecular weight is 320 g/mol. The summed E-state index contributed by atoms with van der Waals surface area (Å²) < 4.78 is 0. The molecule has 3 aliphatic rings. The van der Waals surface area contributed by atoms with Crippen molar-refractivity contribution in [3.63, 3.8) is 0 Å². The Kier molecular flexibility index (Phi) is 3.85. The molecule has 130 valence electrons. The minimum atomic E-state index is -0.650.